The summed E-state index contributed by atoms with van der Waals surface area (Å²) in [6, 6.07) is 8.76. The molecule has 0 unspecified atom stereocenters. The van der Waals surface area contributed by atoms with E-state index in [1.54, 1.807) is 23.1 Å². The predicted octanol–water partition coefficient (Wildman–Crippen LogP) is 4.91. The lowest BCUT2D eigenvalue weighted by molar-refractivity contribution is -0.127. The molecule has 4 nitrogen and oxygen atoms in total. The number of carbonyl (C=O) groups is 1. The summed E-state index contributed by atoms with van der Waals surface area (Å²) in [7, 11) is 0. The topological polar surface area (TPSA) is 46.1 Å². The maximum Gasteiger partial charge on any atom is 0.233 e. The van der Waals surface area contributed by atoms with Gasteiger partial charge in [0.15, 0.2) is 8.68 Å². The molecule has 0 saturated heterocycles. The third kappa shape index (κ3) is 6.31. The van der Waals surface area contributed by atoms with Gasteiger partial charge < -0.3 is 4.90 Å². The highest BCUT2D eigenvalue weighted by Crippen LogP contribution is 2.31. The van der Waals surface area contributed by atoms with Crippen LogP contribution in [0.5, 0.6) is 0 Å². The Hall–Kier alpha value is -1.05. The number of nitrogens with zero attached hydrogens (tertiary/aromatic N) is 3. The van der Waals surface area contributed by atoms with Gasteiger partial charge in [0.1, 0.15) is 0 Å². The molecule has 0 N–H and O–H groups in total. The van der Waals surface area contributed by atoms with Crippen LogP contribution in [-0.2, 0) is 10.5 Å². The molecule has 1 aromatic carbocycles. The molecule has 0 fully saturated rings. The summed E-state index contributed by atoms with van der Waals surface area (Å²) in [5.41, 5.74) is 2.65. The van der Waals surface area contributed by atoms with Gasteiger partial charge in [-0.05, 0) is 30.9 Å². The molecular weight excluding hydrogens is 370 g/mol. The second-order valence-electron chi connectivity index (χ2n) is 5.87. The van der Waals surface area contributed by atoms with Gasteiger partial charge in [-0.15, -0.1) is 10.2 Å². The Morgan fingerprint density at radius 1 is 1.08 bits per heavy atom. The number of hydrogen-bond acceptors (Lipinski definition) is 6. The van der Waals surface area contributed by atoms with Crippen LogP contribution in [0.4, 0.5) is 0 Å². The molecule has 1 aromatic heterocycles. The van der Waals surface area contributed by atoms with Gasteiger partial charge in [-0.25, -0.2) is 0 Å². The summed E-state index contributed by atoms with van der Waals surface area (Å²) in [6.07, 6.45) is 0. The van der Waals surface area contributed by atoms with Gasteiger partial charge in [0.05, 0.1) is 5.75 Å². The molecule has 25 heavy (non-hydrogen) atoms. The van der Waals surface area contributed by atoms with E-state index >= 15 is 0 Å². The third-order valence-electron chi connectivity index (χ3n) is 3.83. The van der Waals surface area contributed by atoms with Crippen LogP contribution in [0.3, 0.4) is 0 Å². The van der Waals surface area contributed by atoms with E-state index < -0.39 is 0 Å². The zero-order valence-corrected chi connectivity index (χ0v) is 17.6. The van der Waals surface area contributed by atoms with E-state index in [0.717, 1.165) is 27.5 Å². The van der Waals surface area contributed by atoms with Gasteiger partial charge in [-0.1, -0.05) is 73.0 Å². The van der Waals surface area contributed by atoms with Crippen molar-refractivity contribution in [3.8, 4) is 0 Å². The Kier molecular flexibility index (Phi) is 8.26. The summed E-state index contributed by atoms with van der Waals surface area (Å²) >= 11 is 4.73. The summed E-state index contributed by atoms with van der Waals surface area (Å²) in [5, 5.41) is 8.41. The van der Waals surface area contributed by atoms with Crippen molar-refractivity contribution in [3.05, 3.63) is 35.4 Å². The lowest BCUT2D eigenvalue weighted by Gasteiger charge is -2.17. The van der Waals surface area contributed by atoms with E-state index in [4.69, 9.17) is 0 Å². The van der Waals surface area contributed by atoms with Gasteiger partial charge >= 0.3 is 0 Å². The number of hydrogen-bond donors (Lipinski definition) is 0. The Labute approximate surface area is 162 Å². The fourth-order valence-corrected chi connectivity index (χ4v) is 5.13. The molecule has 0 aliphatic heterocycles. The summed E-state index contributed by atoms with van der Waals surface area (Å²) in [4.78, 5) is 13.9. The molecule has 1 amide bonds. The first-order valence-electron chi connectivity index (χ1n) is 8.49. The molecule has 0 radical (unpaired) electrons. The van der Waals surface area contributed by atoms with Crippen molar-refractivity contribution in [3.63, 3.8) is 0 Å². The van der Waals surface area contributed by atoms with Crippen LogP contribution in [0.1, 0.15) is 44.7 Å². The van der Waals surface area contributed by atoms with Gasteiger partial charge in [-0.2, -0.15) is 0 Å². The molecule has 0 aliphatic rings. The molecule has 1 heterocycles. The van der Waals surface area contributed by atoms with Crippen LogP contribution >= 0.6 is 34.9 Å². The summed E-state index contributed by atoms with van der Waals surface area (Å²) in [6.45, 7) is 9.91. The van der Waals surface area contributed by atoms with Crippen LogP contribution in [0.2, 0.25) is 0 Å². The molecule has 0 saturated carbocycles. The number of aromatic nitrogens is 2. The minimum atomic E-state index is 0.157. The van der Waals surface area contributed by atoms with Crippen LogP contribution in [0, 0.1) is 0 Å². The van der Waals surface area contributed by atoms with Gasteiger partial charge in [0.2, 0.25) is 5.91 Å². The van der Waals surface area contributed by atoms with E-state index in [9.17, 15) is 4.79 Å². The van der Waals surface area contributed by atoms with E-state index in [1.165, 1.54) is 22.9 Å². The highest BCUT2D eigenvalue weighted by Gasteiger charge is 2.12. The first-order chi connectivity index (χ1) is 12.0. The van der Waals surface area contributed by atoms with Crippen LogP contribution in [0.25, 0.3) is 0 Å². The lowest BCUT2D eigenvalue weighted by Crippen LogP contribution is -2.31. The van der Waals surface area contributed by atoms with Crippen molar-refractivity contribution in [2.24, 2.45) is 0 Å². The zero-order chi connectivity index (χ0) is 18.2. The zero-order valence-electron chi connectivity index (χ0n) is 15.2. The van der Waals surface area contributed by atoms with Crippen molar-refractivity contribution < 1.29 is 4.79 Å². The molecule has 0 atom stereocenters. The normalized spacial score (nSPS) is 11.1. The first kappa shape index (κ1) is 20.3. The summed E-state index contributed by atoms with van der Waals surface area (Å²) in [5.74, 6) is 2.03. The Morgan fingerprint density at radius 2 is 1.68 bits per heavy atom. The van der Waals surface area contributed by atoms with E-state index in [1.807, 2.05) is 18.7 Å². The molecule has 0 spiro atoms. The minimum Gasteiger partial charge on any atom is -0.343 e. The molecule has 2 rings (SSSR count). The quantitative estimate of drug-likeness (QED) is 0.564. The SMILES string of the molecule is CCN(CC)C(=O)CSc1nnc(SCc2ccc(C(C)C)cc2)s1. The third-order valence-corrected chi connectivity index (χ3v) is 7.08. The second kappa shape index (κ2) is 10.2. The fraction of sp³-hybridized carbons (Fsp3) is 0.500. The van der Waals surface area contributed by atoms with Crippen molar-refractivity contribution in [2.75, 3.05) is 18.8 Å². The minimum absolute atomic E-state index is 0.157. The second-order valence-corrected chi connectivity index (χ2v) is 9.30. The van der Waals surface area contributed by atoms with Crippen molar-refractivity contribution in [1.82, 2.24) is 15.1 Å². The Morgan fingerprint density at radius 3 is 2.24 bits per heavy atom. The first-order valence-corrected chi connectivity index (χ1v) is 11.3. The Balaban J connectivity index is 1.82. The van der Waals surface area contributed by atoms with E-state index in [-0.39, 0.29) is 5.91 Å². The molecule has 0 bridgehead atoms. The van der Waals surface area contributed by atoms with Crippen molar-refractivity contribution in [1.29, 1.82) is 0 Å². The standard InChI is InChI=1S/C18H25N3OS3/c1-5-21(6-2)16(22)12-24-18-20-19-17(25-18)23-11-14-7-9-15(10-8-14)13(3)4/h7-10,13H,5-6,11-12H2,1-4H3. The number of amides is 1. The molecule has 136 valence electrons. The number of carbonyl (C=O) groups excluding carboxylic acids is 1. The van der Waals surface area contributed by atoms with Crippen molar-refractivity contribution >= 4 is 40.8 Å². The fourth-order valence-electron chi connectivity index (χ4n) is 2.25. The predicted molar refractivity (Wildman–Crippen MR) is 109 cm³/mol. The van der Waals surface area contributed by atoms with Gasteiger partial charge in [-0.3, -0.25) is 4.79 Å². The highest BCUT2D eigenvalue weighted by molar-refractivity contribution is 8.03. The van der Waals surface area contributed by atoms with Crippen molar-refractivity contribution in [2.45, 2.75) is 48.0 Å². The molecule has 7 heteroatoms. The monoisotopic (exact) mass is 395 g/mol. The average Bonchev–Trinajstić information content (AvgIpc) is 3.07. The molecular formula is C18H25N3OS3. The molecule has 2 aromatic rings. The number of benzene rings is 1. The van der Waals surface area contributed by atoms with Gasteiger partial charge in [0, 0.05) is 18.8 Å². The van der Waals surface area contributed by atoms with Crippen LogP contribution in [-0.4, -0.2) is 39.8 Å². The maximum atomic E-state index is 12.0. The van der Waals surface area contributed by atoms with E-state index in [2.05, 4.69) is 48.3 Å². The van der Waals surface area contributed by atoms with E-state index in [0.29, 0.717) is 11.7 Å². The largest absolute Gasteiger partial charge is 0.343 e. The highest BCUT2D eigenvalue weighted by atomic mass is 32.2. The van der Waals surface area contributed by atoms with Crippen LogP contribution in [0.15, 0.2) is 32.9 Å². The lowest BCUT2D eigenvalue weighted by atomic mass is 10.0. The smallest absolute Gasteiger partial charge is 0.233 e. The molecule has 0 aliphatic carbocycles. The van der Waals surface area contributed by atoms with Crippen LogP contribution < -0.4 is 0 Å². The number of rotatable bonds is 9. The summed E-state index contributed by atoms with van der Waals surface area (Å²) < 4.78 is 1.81. The average molecular weight is 396 g/mol. The maximum absolute atomic E-state index is 12.0. The Bertz CT molecular complexity index is 666. The van der Waals surface area contributed by atoms with Gasteiger partial charge in [0.25, 0.3) is 0 Å². The number of thioether (sulfide) groups is 2.